The van der Waals surface area contributed by atoms with Crippen molar-refractivity contribution in [3.63, 3.8) is 0 Å². The number of carbonyl (C=O) groups is 1. The topological polar surface area (TPSA) is 20.3 Å². The summed E-state index contributed by atoms with van der Waals surface area (Å²) in [4.78, 5) is 14.5. The normalized spacial score (nSPS) is 15.5. The minimum Gasteiger partial charge on any atom is -0.293 e. The Labute approximate surface area is 111 Å². The second-order valence-electron chi connectivity index (χ2n) is 6.11. The van der Waals surface area contributed by atoms with Crippen LogP contribution in [0.2, 0.25) is 0 Å². The molecule has 0 aromatic heterocycles. The van der Waals surface area contributed by atoms with Crippen molar-refractivity contribution in [3.05, 3.63) is 35.9 Å². The van der Waals surface area contributed by atoms with Gasteiger partial charge in [-0.2, -0.15) is 0 Å². The van der Waals surface area contributed by atoms with Crippen molar-refractivity contribution in [2.75, 3.05) is 7.05 Å². The predicted molar refractivity (Wildman–Crippen MR) is 76.9 cm³/mol. The first-order chi connectivity index (χ1) is 8.25. The van der Waals surface area contributed by atoms with Crippen LogP contribution in [0.4, 0.5) is 0 Å². The van der Waals surface area contributed by atoms with E-state index in [0.29, 0.717) is 6.04 Å². The van der Waals surface area contributed by atoms with Gasteiger partial charge in [-0.25, -0.2) is 0 Å². The fraction of sp³-hybridized carbons (Fsp3) is 0.562. The molecule has 0 amide bonds. The van der Waals surface area contributed by atoms with Crippen molar-refractivity contribution in [3.8, 4) is 0 Å². The molecule has 0 saturated carbocycles. The molecule has 2 unspecified atom stereocenters. The molecule has 100 valence electrons. The average molecular weight is 247 g/mol. The number of Topliss-reactive ketones (excluding diaryl/α,β-unsaturated/α-hetero) is 1. The second-order valence-corrected chi connectivity index (χ2v) is 6.11. The molecule has 1 aromatic rings. The van der Waals surface area contributed by atoms with E-state index in [1.807, 2.05) is 44.3 Å². The van der Waals surface area contributed by atoms with Crippen molar-refractivity contribution in [2.45, 2.75) is 46.7 Å². The SMILES string of the molecule is CC(C(=O)c1ccccc1)N(C)C(C)C(C)(C)C. The molecule has 1 rings (SSSR count). The second kappa shape index (κ2) is 5.66. The molecule has 0 N–H and O–H groups in total. The molecule has 2 nitrogen and oxygen atoms in total. The molecular weight excluding hydrogens is 222 g/mol. The standard InChI is InChI=1S/C16H25NO/c1-12(17(6)13(2)16(3,4)5)15(18)14-10-8-7-9-11-14/h7-13H,1-6H3. The minimum absolute atomic E-state index is 0.0957. The van der Waals surface area contributed by atoms with Gasteiger partial charge in [-0.05, 0) is 26.3 Å². The van der Waals surface area contributed by atoms with Crippen LogP contribution < -0.4 is 0 Å². The maximum atomic E-state index is 12.4. The van der Waals surface area contributed by atoms with E-state index < -0.39 is 0 Å². The van der Waals surface area contributed by atoms with Crippen LogP contribution in [0.15, 0.2) is 30.3 Å². The number of likely N-dealkylation sites (N-methyl/N-ethyl adjacent to an activating group) is 1. The number of nitrogens with zero attached hydrogens (tertiary/aromatic N) is 1. The molecular formula is C16H25NO. The van der Waals surface area contributed by atoms with Gasteiger partial charge in [0.2, 0.25) is 0 Å². The van der Waals surface area contributed by atoms with Crippen LogP contribution in [-0.2, 0) is 0 Å². The molecule has 0 spiro atoms. The first-order valence-electron chi connectivity index (χ1n) is 6.56. The summed E-state index contributed by atoms with van der Waals surface area (Å²) >= 11 is 0. The Morgan fingerprint density at radius 1 is 1.11 bits per heavy atom. The van der Waals surface area contributed by atoms with E-state index in [4.69, 9.17) is 0 Å². The lowest BCUT2D eigenvalue weighted by atomic mass is 9.86. The summed E-state index contributed by atoms with van der Waals surface area (Å²) in [6.07, 6.45) is 0. The Balaban J connectivity index is 2.82. The van der Waals surface area contributed by atoms with Crippen LogP contribution in [0.5, 0.6) is 0 Å². The largest absolute Gasteiger partial charge is 0.293 e. The molecule has 0 aliphatic rings. The third kappa shape index (κ3) is 3.42. The number of ketones is 1. The van der Waals surface area contributed by atoms with Crippen LogP contribution in [0.1, 0.15) is 45.0 Å². The lowest BCUT2D eigenvalue weighted by Crippen LogP contribution is -2.47. The Kier molecular flexibility index (Phi) is 4.69. The van der Waals surface area contributed by atoms with Crippen LogP contribution in [0.25, 0.3) is 0 Å². The van der Waals surface area contributed by atoms with E-state index in [-0.39, 0.29) is 17.2 Å². The quantitative estimate of drug-likeness (QED) is 0.757. The maximum absolute atomic E-state index is 12.4. The van der Waals surface area contributed by atoms with E-state index in [9.17, 15) is 4.79 Å². The number of hydrogen-bond donors (Lipinski definition) is 0. The maximum Gasteiger partial charge on any atom is 0.179 e. The Bertz CT molecular complexity index is 391. The highest BCUT2D eigenvalue weighted by Gasteiger charge is 2.29. The lowest BCUT2D eigenvalue weighted by molar-refractivity contribution is 0.0695. The van der Waals surface area contributed by atoms with Gasteiger partial charge in [0.05, 0.1) is 6.04 Å². The van der Waals surface area contributed by atoms with Crippen molar-refractivity contribution in [1.82, 2.24) is 4.90 Å². The monoisotopic (exact) mass is 247 g/mol. The van der Waals surface area contributed by atoms with Crippen LogP contribution in [-0.4, -0.2) is 29.8 Å². The minimum atomic E-state index is -0.0957. The van der Waals surface area contributed by atoms with Gasteiger partial charge in [0.25, 0.3) is 0 Å². The first-order valence-corrected chi connectivity index (χ1v) is 6.56. The molecule has 1 aromatic carbocycles. The molecule has 18 heavy (non-hydrogen) atoms. The zero-order chi connectivity index (χ0) is 13.9. The van der Waals surface area contributed by atoms with Gasteiger partial charge in [-0.15, -0.1) is 0 Å². The highest BCUT2D eigenvalue weighted by atomic mass is 16.1. The van der Waals surface area contributed by atoms with Gasteiger partial charge in [0.1, 0.15) is 0 Å². The van der Waals surface area contributed by atoms with Gasteiger partial charge < -0.3 is 0 Å². The van der Waals surface area contributed by atoms with E-state index in [1.54, 1.807) is 0 Å². The highest BCUT2D eigenvalue weighted by molar-refractivity contribution is 5.99. The average Bonchev–Trinajstić information content (AvgIpc) is 2.35. The Morgan fingerprint density at radius 2 is 1.61 bits per heavy atom. The van der Waals surface area contributed by atoms with Crippen LogP contribution >= 0.6 is 0 Å². The molecule has 0 bridgehead atoms. The number of carbonyl (C=O) groups excluding carboxylic acids is 1. The fourth-order valence-electron chi connectivity index (χ4n) is 1.97. The first kappa shape index (κ1) is 14.9. The van der Waals surface area contributed by atoms with Crippen molar-refractivity contribution in [2.24, 2.45) is 5.41 Å². The lowest BCUT2D eigenvalue weighted by Gasteiger charge is -2.38. The Hall–Kier alpha value is -1.15. The van der Waals surface area contributed by atoms with Gasteiger partial charge in [-0.3, -0.25) is 9.69 Å². The van der Waals surface area contributed by atoms with Crippen molar-refractivity contribution >= 4 is 5.78 Å². The number of rotatable bonds is 4. The van der Waals surface area contributed by atoms with Gasteiger partial charge in [0.15, 0.2) is 5.78 Å². The van der Waals surface area contributed by atoms with Gasteiger partial charge >= 0.3 is 0 Å². The van der Waals surface area contributed by atoms with Crippen LogP contribution in [0.3, 0.4) is 0 Å². The predicted octanol–water partition coefficient (Wildman–Crippen LogP) is 3.62. The molecule has 0 fully saturated rings. The Morgan fingerprint density at radius 3 is 2.06 bits per heavy atom. The summed E-state index contributed by atoms with van der Waals surface area (Å²) in [7, 11) is 2.03. The number of benzene rings is 1. The third-order valence-electron chi connectivity index (χ3n) is 3.91. The summed E-state index contributed by atoms with van der Waals surface area (Å²) < 4.78 is 0. The summed E-state index contributed by atoms with van der Waals surface area (Å²) in [5, 5.41) is 0. The van der Waals surface area contributed by atoms with Crippen LogP contribution in [0, 0.1) is 5.41 Å². The molecule has 2 heteroatoms. The summed E-state index contributed by atoms with van der Waals surface area (Å²) in [6.45, 7) is 10.8. The number of hydrogen-bond acceptors (Lipinski definition) is 2. The van der Waals surface area contributed by atoms with Gasteiger partial charge in [0, 0.05) is 11.6 Å². The van der Waals surface area contributed by atoms with Crippen molar-refractivity contribution < 1.29 is 4.79 Å². The third-order valence-corrected chi connectivity index (χ3v) is 3.91. The molecule has 0 aliphatic heterocycles. The molecule has 0 heterocycles. The molecule has 0 saturated heterocycles. The summed E-state index contributed by atoms with van der Waals surface area (Å²) in [5.74, 6) is 0.189. The smallest absolute Gasteiger partial charge is 0.179 e. The molecule has 0 aliphatic carbocycles. The summed E-state index contributed by atoms with van der Waals surface area (Å²) in [6, 6.07) is 9.77. The summed E-state index contributed by atoms with van der Waals surface area (Å²) in [5.41, 5.74) is 0.956. The van der Waals surface area contributed by atoms with Crippen molar-refractivity contribution in [1.29, 1.82) is 0 Å². The zero-order valence-electron chi connectivity index (χ0n) is 12.4. The van der Waals surface area contributed by atoms with E-state index >= 15 is 0 Å². The van der Waals surface area contributed by atoms with E-state index in [2.05, 4.69) is 32.6 Å². The fourth-order valence-corrected chi connectivity index (χ4v) is 1.97. The highest BCUT2D eigenvalue weighted by Crippen LogP contribution is 2.25. The van der Waals surface area contributed by atoms with Gasteiger partial charge in [-0.1, -0.05) is 51.1 Å². The zero-order valence-corrected chi connectivity index (χ0v) is 12.4. The molecule has 0 radical (unpaired) electrons. The molecule has 2 atom stereocenters. The van der Waals surface area contributed by atoms with E-state index in [0.717, 1.165) is 5.56 Å². The van der Waals surface area contributed by atoms with E-state index in [1.165, 1.54) is 0 Å².